The van der Waals surface area contributed by atoms with Gasteiger partial charge in [-0.2, -0.15) is 0 Å². The van der Waals surface area contributed by atoms with Gasteiger partial charge in [0.05, 0.1) is 0 Å². The van der Waals surface area contributed by atoms with Crippen LogP contribution >= 0.6 is 0 Å². The monoisotopic (exact) mass is 200 g/mol. The third kappa shape index (κ3) is 1.79. The lowest BCUT2D eigenvalue weighted by atomic mass is 9.99. The zero-order valence-electron chi connectivity index (χ0n) is 8.44. The van der Waals surface area contributed by atoms with E-state index in [1.807, 2.05) is 37.3 Å². The second kappa shape index (κ2) is 3.65. The first kappa shape index (κ1) is 9.59. The Kier molecular flexibility index (Phi) is 2.34. The molecule has 0 spiro atoms. The van der Waals surface area contributed by atoms with E-state index >= 15 is 0 Å². The quantitative estimate of drug-likeness (QED) is 0.742. The summed E-state index contributed by atoms with van der Waals surface area (Å²) in [5, 5.41) is 19.0. The van der Waals surface area contributed by atoms with Crippen molar-refractivity contribution in [1.29, 1.82) is 0 Å². The van der Waals surface area contributed by atoms with Crippen molar-refractivity contribution in [3.05, 3.63) is 48.0 Å². The summed E-state index contributed by atoms with van der Waals surface area (Å²) >= 11 is 0. The highest BCUT2D eigenvalue weighted by atomic mass is 16.3. The predicted octanol–water partition coefficient (Wildman–Crippen LogP) is 3.07. The molecule has 0 radical (unpaired) electrons. The van der Waals surface area contributed by atoms with E-state index in [4.69, 9.17) is 0 Å². The largest absolute Gasteiger partial charge is 0.508 e. The average Bonchev–Trinajstić information content (AvgIpc) is 2.24. The summed E-state index contributed by atoms with van der Waals surface area (Å²) < 4.78 is 0. The molecule has 0 heterocycles. The highest BCUT2D eigenvalue weighted by Gasteiger charge is 2.07. The van der Waals surface area contributed by atoms with Crippen molar-refractivity contribution < 1.29 is 10.2 Å². The van der Waals surface area contributed by atoms with Crippen LogP contribution in [0.1, 0.15) is 5.56 Å². The lowest BCUT2D eigenvalue weighted by Gasteiger charge is -2.08. The SMILES string of the molecule is Cc1c(O)cc(O)cc1-c1ccccc1. The minimum atomic E-state index is 0.0805. The fourth-order valence-corrected chi connectivity index (χ4v) is 1.60. The van der Waals surface area contributed by atoms with Gasteiger partial charge in [-0.25, -0.2) is 0 Å². The molecule has 0 atom stereocenters. The Morgan fingerprint density at radius 3 is 2.27 bits per heavy atom. The Morgan fingerprint density at radius 1 is 0.933 bits per heavy atom. The fourth-order valence-electron chi connectivity index (χ4n) is 1.60. The van der Waals surface area contributed by atoms with Gasteiger partial charge in [-0.05, 0) is 29.7 Å². The lowest BCUT2D eigenvalue weighted by Crippen LogP contribution is -1.83. The molecule has 0 saturated heterocycles. The molecule has 2 heteroatoms. The zero-order chi connectivity index (χ0) is 10.8. The summed E-state index contributed by atoms with van der Waals surface area (Å²) in [5.41, 5.74) is 2.62. The maximum Gasteiger partial charge on any atom is 0.122 e. The smallest absolute Gasteiger partial charge is 0.122 e. The molecule has 2 nitrogen and oxygen atoms in total. The fraction of sp³-hybridized carbons (Fsp3) is 0.0769. The molecular weight excluding hydrogens is 188 g/mol. The summed E-state index contributed by atoms with van der Waals surface area (Å²) in [7, 11) is 0. The molecule has 0 aromatic heterocycles. The number of aromatic hydroxyl groups is 2. The minimum absolute atomic E-state index is 0.0805. The van der Waals surface area contributed by atoms with Gasteiger partial charge in [0.2, 0.25) is 0 Å². The van der Waals surface area contributed by atoms with Crippen molar-refractivity contribution >= 4 is 0 Å². The molecule has 0 aliphatic heterocycles. The molecule has 2 N–H and O–H groups in total. The molecule has 0 unspecified atom stereocenters. The Hall–Kier alpha value is -1.96. The normalized spacial score (nSPS) is 10.2. The molecule has 2 aromatic carbocycles. The van der Waals surface area contributed by atoms with Crippen molar-refractivity contribution in [3.63, 3.8) is 0 Å². The van der Waals surface area contributed by atoms with Crippen molar-refractivity contribution in [3.8, 4) is 22.6 Å². The molecule has 76 valence electrons. The van der Waals surface area contributed by atoms with E-state index in [-0.39, 0.29) is 11.5 Å². The molecule has 0 aliphatic rings. The summed E-state index contributed by atoms with van der Waals surface area (Å²) in [6.45, 7) is 1.83. The molecule has 0 fully saturated rings. The lowest BCUT2D eigenvalue weighted by molar-refractivity contribution is 0.448. The van der Waals surface area contributed by atoms with E-state index in [1.54, 1.807) is 6.07 Å². The van der Waals surface area contributed by atoms with Gasteiger partial charge in [-0.15, -0.1) is 0 Å². The highest BCUT2D eigenvalue weighted by molar-refractivity contribution is 5.71. The Labute approximate surface area is 88.4 Å². The van der Waals surface area contributed by atoms with Crippen LogP contribution in [0.5, 0.6) is 11.5 Å². The van der Waals surface area contributed by atoms with Crippen LogP contribution in [0, 0.1) is 6.92 Å². The molecule has 0 saturated carbocycles. The van der Waals surface area contributed by atoms with E-state index in [0.717, 1.165) is 16.7 Å². The van der Waals surface area contributed by atoms with Crippen molar-refractivity contribution in [2.75, 3.05) is 0 Å². The van der Waals surface area contributed by atoms with Crippen LogP contribution in [-0.2, 0) is 0 Å². The van der Waals surface area contributed by atoms with Gasteiger partial charge in [0.1, 0.15) is 11.5 Å². The van der Waals surface area contributed by atoms with Crippen molar-refractivity contribution in [1.82, 2.24) is 0 Å². The Balaban J connectivity index is 2.63. The van der Waals surface area contributed by atoms with Crippen molar-refractivity contribution in [2.24, 2.45) is 0 Å². The summed E-state index contributed by atoms with van der Waals surface area (Å²) in [4.78, 5) is 0. The minimum Gasteiger partial charge on any atom is -0.508 e. The number of phenolic OH excluding ortho intramolecular Hbond substituents is 2. The molecule has 0 amide bonds. The average molecular weight is 200 g/mol. The van der Waals surface area contributed by atoms with Crippen LogP contribution in [0.3, 0.4) is 0 Å². The van der Waals surface area contributed by atoms with Crippen LogP contribution in [-0.4, -0.2) is 10.2 Å². The standard InChI is InChI=1S/C13H12O2/c1-9-12(7-11(14)8-13(9)15)10-5-3-2-4-6-10/h2-8,14-15H,1H3. The van der Waals surface area contributed by atoms with Gasteiger partial charge in [-0.1, -0.05) is 30.3 Å². The number of phenols is 2. The van der Waals surface area contributed by atoms with Crippen LogP contribution in [0.15, 0.2) is 42.5 Å². The number of hydrogen-bond acceptors (Lipinski definition) is 2. The first-order valence-corrected chi connectivity index (χ1v) is 4.76. The molecule has 0 bridgehead atoms. The maximum atomic E-state index is 9.58. The molecule has 2 rings (SSSR count). The van der Waals surface area contributed by atoms with Gasteiger partial charge < -0.3 is 10.2 Å². The molecular formula is C13H12O2. The van der Waals surface area contributed by atoms with Crippen molar-refractivity contribution in [2.45, 2.75) is 6.92 Å². The third-order valence-corrected chi connectivity index (χ3v) is 2.45. The van der Waals surface area contributed by atoms with E-state index in [9.17, 15) is 10.2 Å². The first-order valence-electron chi connectivity index (χ1n) is 4.76. The van der Waals surface area contributed by atoms with Crippen LogP contribution in [0.25, 0.3) is 11.1 Å². The van der Waals surface area contributed by atoms with Crippen LogP contribution < -0.4 is 0 Å². The third-order valence-electron chi connectivity index (χ3n) is 2.45. The van der Waals surface area contributed by atoms with Gasteiger partial charge in [0.15, 0.2) is 0 Å². The first-order chi connectivity index (χ1) is 7.18. The number of benzene rings is 2. The maximum absolute atomic E-state index is 9.58. The Bertz CT molecular complexity index is 475. The summed E-state index contributed by atoms with van der Waals surface area (Å²) in [5.74, 6) is 0.200. The van der Waals surface area contributed by atoms with Gasteiger partial charge in [-0.3, -0.25) is 0 Å². The topological polar surface area (TPSA) is 40.5 Å². The van der Waals surface area contributed by atoms with E-state index in [1.165, 1.54) is 6.07 Å². The van der Waals surface area contributed by atoms with E-state index in [2.05, 4.69) is 0 Å². The number of rotatable bonds is 1. The second-order valence-corrected chi connectivity index (χ2v) is 3.50. The molecule has 2 aromatic rings. The van der Waals surface area contributed by atoms with Gasteiger partial charge in [0.25, 0.3) is 0 Å². The van der Waals surface area contributed by atoms with Gasteiger partial charge >= 0.3 is 0 Å². The number of hydrogen-bond donors (Lipinski definition) is 2. The Morgan fingerprint density at radius 2 is 1.60 bits per heavy atom. The van der Waals surface area contributed by atoms with Gasteiger partial charge in [0, 0.05) is 6.07 Å². The van der Waals surface area contributed by atoms with Crippen LogP contribution in [0.4, 0.5) is 0 Å². The molecule has 0 aliphatic carbocycles. The predicted molar refractivity (Wildman–Crippen MR) is 59.9 cm³/mol. The highest BCUT2D eigenvalue weighted by Crippen LogP contribution is 2.33. The van der Waals surface area contributed by atoms with E-state index in [0.29, 0.717) is 0 Å². The second-order valence-electron chi connectivity index (χ2n) is 3.50. The zero-order valence-corrected chi connectivity index (χ0v) is 8.44. The molecule has 15 heavy (non-hydrogen) atoms. The summed E-state index contributed by atoms with van der Waals surface area (Å²) in [6, 6.07) is 12.7. The van der Waals surface area contributed by atoms with Crippen LogP contribution in [0.2, 0.25) is 0 Å². The van der Waals surface area contributed by atoms with E-state index < -0.39 is 0 Å². The summed E-state index contributed by atoms with van der Waals surface area (Å²) in [6.07, 6.45) is 0.